The minimum absolute atomic E-state index is 0.186. The van der Waals surface area contributed by atoms with Gasteiger partial charge in [0.15, 0.2) is 0 Å². The molecule has 0 N–H and O–H groups in total. The molecule has 0 amide bonds. The summed E-state index contributed by atoms with van der Waals surface area (Å²) in [5.41, 5.74) is 2.61. The topological polar surface area (TPSA) is 37.4 Å². The Morgan fingerprint density at radius 3 is 2.61 bits per heavy atom. The largest absolute Gasteiger partial charge is 0.243 e. The molecule has 2 aromatic carbocycles. The van der Waals surface area contributed by atoms with Crippen molar-refractivity contribution >= 4 is 21.6 Å². The van der Waals surface area contributed by atoms with Crippen LogP contribution in [0.4, 0.5) is 0 Å². The SMILES string of the molecule is Cc1ccc(C)c(S(=O)(=O)N2CCC[C@H]2c2ccccc2Cl)c1. The predicted octanol–water partition coefficient (Wildman–Crippen LogP) is 4.48. The number of hydrogen-bond donors (Lipinski definition) is 0. The second-order valence-corrected chi connectivity index (χ2v) is 8.33. The molecule has 3 nitrogen and oxygen atoms in total. The van der Waals surface area contributed by atoms with Crippen molar-refractivity contribution < 1.29 is 8.42 Å². The summed E-state index contributed by atoms with van der Waals surface area (Å²) in [5, 5.41) is 0.626. The van der Waals surface area contributed by atoms with Crippen molar-refractivity contribution in [2.45, 2.75) is 37.6 Å². The summed E-state index contributed by atoms with van der Waals surface area (Å²) in [6.45, 7) is 4.28. The standard InChI is InChI=1S/C18H20ClNO2S/c1-13-9-10-14(2)18(12-13)23(21,22)20-11-5-8-17(20)15-6-3-4-7-16(15)19/h3-4,6-7,9-10,12,17H,5,8,11H2,1-2H3/t17-/m0/s1. The van der Waals surface area contributed by atoms with Crippen LogP contribution in [0.25, 0.3) is 0 Å². The van der Waals surface area contributed by atoms with Crippen LogP contribution in [-0.4, -0.2) is 19.3 Å². The molecule has 1 atom stereocenters. The van der Waals surface area contributed by atoms with Crippen LogP contribution < -0.4 is 0 Å². The highest BCUT2D eigenvalue weighted by Crippen LogP contribution is 2.39. The van der Waals surface area contributed by atoms with Crippen molar-refractivity contribution in [1.82, 2.24) is 4.31 Å². The van der Waals surface area contributed by atoms with Gasteiger partial charge in [0, 0.05) is 11.6 Å². The van der Waals surface area contributed by atoms with E-state index in [1.54, 1.807) is 10.4 Å². The molecular weight excluding hydrogens is 330 g/mol. The lowest BCUT2D eigenvalue weighted by molar-refractivity contribution is 0.396. The molecule has 0 spiro atoms. The van der Waals surface area contributed by atoms with Crippen LogP contribution in [0.2, 0.25) is 5.02 Å². The molecule has 1 saturated heterocycles. The van der Waals surface area contributed by atoms with Crippen LogP contribution in [0, 0.1) is 13.8 Å². The molecule has 1 aliphatic heterocycles. The van der Waals surface area contributed by atoms with Gasteiger partial charge < -0.3 is 0 Å². The maximum Gasteiger partial charge on any atom is 0.243 e. The third kappa shape index (κ3) is 3.03. The first-order valence-corrected chi connectivity index (χ1v) is 9.56. The zero-order valence-corrected chi connectivity index (χ0v) is 14.9. The molecule has 3 rings (SSSR count). The summed E-state index contributed by atoms with van der Waals surface area (Å²) in [5.74, 6) is 0. The van der Waals surface area contributed by atoms with Crippen LogP contribution >= 0.6 is 11.6 Å². The molecule has 1 fully saturated rings. The van der Waals surface area contributed by atoms with Gasteiger partial charge in [-0.2, -0.15) is 4.31 Å². The summed E-state index contributed by atoms with van der Waals surface area (Å²) >= 11 is 6.30. The number of rotatable bonds is 3. The molecule has 5 heteroatoms. The Morgan fingerprint density at radius 2 is 1.87 bits per heavy atom. The first-order chi connectivity index (χ1) is 10.9. The molecule has 122 valence electrons. The van der Waals surface area contributed by atoms with Crippen molar-refractivity contribution in [3.05, 3.63) is 64.2 Å². The first-order valence-electron chi connectivity index (χ1n) is 7.75. The zero-order valence-electron chi connectivity index (χ0n) is 13.3. The van der Waals surface area contributed by atoms with Gasteiger partial charge in [-0.3, -0.25) is 0 Å². The highest BCUT2D eigenvalue weighted by atomic mass is 35.5. The molecule has 1 aliphatic rings. The molecule has 0 aromatic heterocycles. The Morgan fingerprint density at radius 1 is 1.13 bits per heavy atom. The smallest absolute Gasteiger partial charge is 0.207 e. The van der Waals surface area contributed by atoms with E-state index in [2.05, 4.69) is 0 Å². The van der Waals surface area contributed by atoms with E-state index in [0.717, 1.165) is 29.5 Å². The van der Waals surface area contributed by atoms with Gasteiger partial charge in [0.1, 0.15) is 0 Å². The Kier molecular flexibility index (Phi) is 4.50. The van der Waals surface area contributed by atoms with Gasteiger partial charge in [-0.15, -0.1) is 0 Å². The molecule has 0 bridgehead atoms. The third-order valence-corrected chi connectivity index (χ3v) is 6.79. The highest BCUT2D eigenvalue weighted by molar-refractivity contribution is 7.89. The second-order valence-electron chi connectivity index (χ2n) is 6.06. The van der Waals surface area contributed by atoms with E-state index in [9.17, 15) is 8.42 Å². The van der Waals surface area contributed by atoms with E-state index >= 15 is 0 Å². The van der Waals surface area contributed by atoms with Crippen LogP contribution in [0.1, 0.15) is 35.6 Å². The molecule has 0 aliphatic carbocycles. The van der Waals surface area contributed by atoms with E-state index in [1.165, 1.54) is 0 Å². The van der Waals surface area contributed by atoms with E-state index < -0.39 is 10.0 Å². The first kappa shape index (κ1) is 16.5. The fraction of sp³-hybridized carbons (Fsp3) is 0.333. The number of nitrogens with zero attached hydrogens (tertiary/aromatic N) is 1. The number of halogens is 1. The number of hydrogen-bond acceptors (Lipinski definition) is 2. The van der Waals surface area contributed by atoms with Gasteiger partial charge in [0.2, 0.25) is 10.0 Å². The van der Waals surface area contributed by atoms with Gasteiger partial charge in [-0.05, 0) is 55.5 Å². The van der Waals surface area contributed by atoms with Gasteiger partial charge in [0.25, 0.3) is 0 Å². The van der Waals surface area contributed by atoms with E-state index in [-0.39, 0.29) is 6.04 Å². The minimum atomic E-state index is -3.53. The second kappa shape index (κ2) is 6.27. The summed E-state index contributed by atoms with van der Waals surface area (Å²) in [7, 11) is -3.53. The van der Waals surface area contributed by atoms with Crippen molar-refractivity contribution in [2.24, 2.45) is 0 Å². The Balaban J connectivity index is 2.05. The Hall–Kier alpha value is -1.36. The highest BCUT2D eigenvalue weighted by Gasteiger charge is 2.37. The number of aryl methyl sites for hydroxylation is 2. The fourth-order valence-electron chi connectivity index (χ4n) is 3.20. The van der Waals surface area contributed by atoms with Crippen molar-refractivity contribution in [3.8, 4) is 0 Å². The normalized spacial score (nSPS) is 19.2. The maximum absolute atomic E-state index is 13.2. The number of sulfonamides is 1. The van der Waals surface area contributed by atoms with Crippen molar-refractivity contribution in [2.75, 3.05) is 6.54 Å². The minimum Gasteiger partial charge on any atom is -0.207 e. The average Bonchev–Trinajstić information content (AvgIpc) is 3.00. The molecule has 0 unspecified atom stereocenters. The van der Waals surface area contributed by atoms with Gasteiger partial charge >= 0.3 is 0 Å². The van der Waals surface area contributed by atoms with Crippen LogP contribution in [0.3, 0.4) is 0 Å². The lowest BCUT2D eigenvalue weighted by Crippen LogP contribution is -2.31. The molecule has 1 heterocycles. The summed E-state index contributed by atoms with van der Waals surface area (Å²) in [6.07, 6.45) is 1.65. The summed E-state index contributed by atoms with van der Waals surface area (Å²) in [4.78, 5) is 0.399. The summed E-state index contributed by atoms with van der Waals surface area (Å²) in [6, 6.07) is 12.9. The maximum atomic E-state index is 13.2. The molecular formula is C18H20ClNO2S. The van der Waals surface area contributed by atoms with Crippen LogP contribution in [0.15, 0.2) is 47.4 Å². The summed E-state index contributed by atoms with van der Waals surface area (Å²) < 4.78 is 28.0. The predicted molar refractivity (Wildman–Crippen MR) is 93.2 cm³/mol. The van der Waals surface area contributed by atoms with E-state index in [0.29, 0.717) is 16.5 Å². The molecule has 0 radical (unpaired) electrons. The lowest BCUT2D eigenvalue weighted by Gasteiger charge is -2.26. The van der Waals surface area contributed by atoms with E-state index in [1.807, 2.05) is 50.2 Å². The molecule has 0 saturated carbocycles. The third-order valence-electron chi connectivity index (χ3n) is 4.40. The quantitative estimate of drug-likeness (QED) is 0.819. The monoisotopic (exact) mass is 349 g/mol. The Bertz CT molecular complexity index is 833. The molecule has 2 aromatic rings. The average molecular weight is 350 g/mol. The Labute approximate surface area is 142 Å². The van der Waals surface area contributed by atoms with Gasteiger partial charge in [-0.1, -0.05) is 41.9 Å². The number of benzene rings is 2. The van der Waals surface area contributed by atoms with Crippen molar-refractivity contribution in [1.29, 1.82) is 0 Å². The van der Waals surface area contributed by atoms with Crippen molar-refractivity contribution in [3.63, 3.8) is 0 Å². The van der Waals surface area contributed by atoms with Crippen LogP contribution in [0.5, 0.6) is 0 Å². The van der Waals surface area contributed by atoms with Gasteiger partial charge in [-0.25, -0.2) is 8.42 Å². The van der Waals surface area contributed by atoms with Gasteiger partial charge in [0.05, 0.1) is 10.9 Å². The molecule has 23 heavy (non-hydrogen) atoms. The fourth-order valence-corrected chi connectivity index (χ4v) is 5.44. The van der Waals surface area contributed by atoms with E-state index in [4.69, 9.17) is 11.6 Å². The zero-order chi connectivity index (χ0) is 16.6. The van der Waals surface area contributed by atoms with Crippen LogP contribution in [-0.2, 0) is 10.0 Å². The lowest BCUT2D eigenvalue weighted by atomic mass is 10.1.